The van der Waals surface area contributed by atoms with Gasteiger partial charge in [0.15, 0.2) is 0 Å². The van der Waals surface area contributed by atoms with Crippen LogP contribution in [0.5, 0.6) is 0 Å². The lowest BCUT2D eigenvalue weighted by molar-refractivity contribution is 1.05. The number of hydrogen-bond acceptors (Lipinski definition) is 2. The van der Waals surface area contributed by atoms with Crippen LogP contribution in [-0.2, 0) is 0 Å². The van der Waals surface area contributed by atoms with Gasteiger partial charge in [0.2, 0.25) is 0 Å². The molecular formula is C7H16S2. The molecule has 0 rings (SSSR count). The van der Waals surface area contributed by atoms with E-state index in [4.69, 9.17) is 0 Å². The van der Waals surface area contributed by atoms with Crippen molar-refractivity contribution in [1.29, 1.82) is 0 Å². The molecule has 0 spiro atoms. The third kappa shape index (κ3) is 5.16. The van der Waals surface area contributed by atoms with E-state index in [2.05, 4.69) is 44.3 Å². The summed E-state index contributed by atoms with van der Waals surface area (Å²) < 4.78 is 0.847. The van der Waals surface area contributed by atoms with Crippen molar-refractivity contribution >= 4 is 23.5 Å². The highest BCUT2D eigenvalue weighted by atomic mass is 32.2. The van der Waals surface area contributed by atoms with E-state index in [9.17, 15) is 0 Å². The van der Waals surface area contributed by atoms with Crippen LogP contribution in [0.2, 0.25) is 0 Å². The van der Waals surface area contributed by atoms with Crippen molar-refractivity contribution in [2.24, 2.45) is 0 Å². The van der Waals surface area contributed by atoms with Gasteiger partial charge in [-0.15, -0.1) is 23.5 Å². The molecular weight excluding hydrogens is 148 g/mol. The topological polar surface area (TPSA) is 0 Å². The van der Waals surface area contributed by atoms with E-state index in [1.54, 1.807) is 0 Å². The zero-order valence-corrected chi connectivity index (χ0v) is 8.15. The first-order chi connectivity index (χ1) is 4.35. The summed E-state index contributed by atoms with van der Waals surface area (Å²) in [5, 5.41) is 0. The monoisotopic (exact) mass is 164 g/mol. The molecule has 0 aliphatic rings. The minimum Gasteiger partial charge on any atom is -0.148 e. The Kier molecular flexibility index (Phi) is 7.34. The molecule has 0 amide bonds. The molecule has 0 N–H and O–H groups in total. The Labute approximate surface area is 67.2 Å². The molecule has 0 fully saturated rings. The highest BCUT2D eigenvalue weighted by molar-refractivity contribution is 8.16. The van der Waals surface area contributed by atoms with E-state index >= 15 is 0 Å². The normalized spacial score (nSPS) is 10.7. The number of hydrogen-bond donors (Lipinski definition) is 0. The molecule has 0 aliphatic carbocycles. The molecule has 0 saturated heterocycles. The second kappa shape index (κ2) is 6.81. The van der Waals surface area contributed by atoms with Crippen LogP contribution in [0.25, 0.3) is 0 Å². The first-order valence-corrected chi connectivity index (χ1v) is 5.68. The molecule has 0 atom stereocenters. The average molecular weight is 164 g/mol. The fraction of sp³-hybridized carbons (Fsp3) is 1.00. The predicted molar refractivity (Wildman–Crippen MR) is 50.3 cm³/mol. The van der Waals surface area contributed by atoms with Gasteiger partial charge in [0.1, 0.15) is 0 Å². The molecule has 0 heterocycles. The van der Waals surface area contributed by atoms with Crippen molar-refractivity contribution in [3.8, 4) is 0 Å². The lowest BCUT2D eigenvalue weighted by atomic mass is 10.6. The van der Waals surface area contributed by atoms with Crippen molar-refractivity contribution in [3.05, 3.63) is 0 Å². The Morgan fingerprint density at radius 1 is 1.00 bits per heavy atom. The minimum atomic E-state index is 0.847. The highest BCUT2D eigenvalue weighted by Crippen LogP contribution is 2.25. The van der Waals surface area contributed by atoms with E-state index < -0.39 is 0 Å². The van der Waals surface area contributed by atoms with Gasteiger partial charge in [-0.3, -0.25) is 0 Å². The zero-order chi connectivity index (χ0) is 7.11. The Morgan fingerprint density at radius 2 is 1.44 bits per heavy atom. The van der Waals surface area contributed by atoms with Crippen molar-refractivity contribution in [1.82, 2.24) is 0 Å². The lowest BCUT2D eigenvalue weighted by Gasteiger charge is -2.10. The molecule has 0 aliphatic heterocycles. The summed E-state index contributed by atoms with van der Waals surface area (Å²) in [6.45, 7) is 6.71. The Balaban J connectivity index is 3.18. The molecule has 0 radical (unpaired) electrons. The SMILES string of the molecule is CCSC(CC)SCC. The summed E-state index contributed by atoms with van der Waals surface area (Å²) in [4.78, 5) is 0. The van der Waals surface area contributed by atoms with Crippen molar-refractivity contribution in [3.63, 3.8) is 0 Å². The maximum absolute atomic E-state index is 2.26. The molecule has 0 nitrogen and oxygen atoms in total. The second-order valence-electron chi connectivity index (χ2n) is 1.75. The zero-order valence-electron chi connectivity index (χ0n) is 6.52. The molecule has 0 bridgehead atoms. The van der Waals surface area contributed by atoms with Gasteiger partial charge in [-0.1, -0.05) is 20.8 Å². The van der Waals surface area contributed by atoms with Gasteiger partial charge in [-0.2, -0.15) is 0 Å². The fourth-order valence-corrected chi connectivity index (χ4v) is 3.07. The van der Waals surface area contributed by atoms with E-state index in [1.807, 2.05) is 0 Å². The fourth-order valence-electron chi connectivity index (χ4n) is 0.656. The van der Waals surface area contributed by atoms with Crippen LogP contribution in [-0.4, -0.2) is 16.1 Å². The molecule has 0 aromatic carbocycles. The third-order valence-corrected chi connectivity index (χ3v) is 3.93. The summed E-state index contributed by atoms with van der Waals surface area (Å²) in [5.41, 5.74) is 0. The number of thioether (sulfide) groups is 2. The lowest BCUT2D eigenvalue weighted by Crippen LogP contribution is -1.94. The van der Waals surface area contributed by atoms with E-state index in [0.717, 1.165) is 4.58 Å². The van der Waals surface area contributed by atoms with Crippen LogP contribution in [0.4, 0.5) is 0 Å². The van der Waals surface area contributed by atoms with Crippen molar-refractivity contribution in [2.75, 3.05) is 11.5 Å². The maximum Gasteiger partial charge on any atom is 0.0499 e. The Bertz CT molecular complexity index is 48.9. The van der Waals surface area contributed by atoms with Crippen LogP contribution in [0.3, 0.4) is 0 Å². The van der Waals surface area contributed by atoms with E-state index in [-0.39, 0.29) is 0 Å². The summed E-state index contributed by atoms with van der Waals surface area (Å²) in [7, 11) is 0. The minimum absolute atomic E-state index is 0.847. The van der Waals surface area contributed by atoms with Gasteiger partial charge in [0.05, 0.1) is 0 Å². The van der Waals surface area contributed by atoms with Crippen LogP contribution < -0.4 is 0 Å². The quantitative estimate of drug-likeness (QED) is 0.572. The first kappa shape index (κ1) is 9.70. The van der Waals surface area contributed by atoms with Gasteiger partial charge in [0, 0.05) is 4.58 Å². The number of rotatable bonds is 5. The van der Waals surface area contributed by atoms with Crippen molar-refractivity contribution in [2.45, 2.75) is 31.8 Å². The molecule has 0 aromatic rings. The molecule has 0 unspecified atom stereocenters. The summed E-state index contributed by atoms with van der Waals surface area (Å²) >= 11 is 4.13. The van der Waals surface area contributed by atoms with Crippen LogP contribution in [0, 0.1) is 0 Å². The van der Waals surface area contributed by atoms with E-state index in [1.165, 1.54) is 17.9 Å². The maximum atomic E-state index is 2.26. The molecule has 0 aromatic heterocycles. The van der Waals surface area contributed by atoms with E-state index in [0.29, 0.717) is 0 Å². The van der Waals surface area contributed by atoms with Crippen molar-refractivity contribution < 1.29 is 0 Å². The first-order valence-electron chi connectivity index (χ1n) is 3.58. The van der Waals surface area contributed by atoms with Crippen LogP contribution in [0.1, 0.15) is 27.2 Å². The van der Waals surface area contributed by atoms with Gasteiger partial charge in [0.25, 0.3) is 0 Å². The van der Waals surface area contributed by atoms with Crippen LogP contribution in [0.15, 0.2) is 0 Å². The smallest absolute Gasteiger partial charge is 0.0499 e. The molecule has 0 saturated carbocycles. The van der Waals surface area contributed by atoms with Gasteiger partial charge >= 0.3 is 0 Å². The van der Waals surface area contributed by atoms with Crippen LogP contribution >= 0.6 is 23.5 Å². The summed E-state index contributed by atoms with van der Waals surface area (Å²) in [6.07, 6.45) is 1.30. The predicted octanol–water partition coefficient (Wildman–Crippen LogP) is 3.23. The van der Waals surface area contributed by atoms with Gasteiger partial charge in [-0.25, -0.2) is 0 Å². The molecule has 56 valence electrons. The summed E-state index contributed by atoms with van der Waals surface area (Å²) in [5.74, 6) is 2.51. The largest absolute Gasteiger partial charge is 0.148 e. The summed E-state index contributed by atoms with van der Waals surface area (Å²) in [6, 6.07) is 0. The molecule has 9 heavy (non-hydrogen) atoms. The van der Waals surface area contributed by atoms with Gasteiger partial charge < -0.3 is 0 Å². The Morgan fingerprint density at radius 3 is 1.67 bits per heavy atom. The average Bonchev–Trinajstić information content (AvgIpc) is 1.88. The molecule has 2 heteroatoms. The highest BCUT2D eigenvalue weighted by Gasteiger charge is 2.02. The van der Waals surface area contributed by atoms with Gasteiger partial charge in [-0.05, 0) is 17.9 Å². The standard InChI is InChI=1S/C7H16S2/c1-4-7(8-5-2)9-6-3/h7H,4-6H2,1-3H3. The second-order valence-corrected chi connectivity index (χ2v) is 5.01. The third-order valence-electron chi connectivity index (χ3n) is 1.04. The Hall–Kier alpha value is 0.700.